The third kappa shape index (κ3) is 7.12. The number of rotatable bonds is 12. The van der Waals surface area contributed by atoms with Crippen LogP contribution in [0.15, 0.2) is 120 Å². The fourth-order valence-corrected chi connectivity index (χ4v) is 5.67. The number of aliphatic hydroxyl groups excluding tert-OH is 1. The van der Waals surface area contributed by atoms with Crippen molar-refractivity contribution in [2.24, 2.45) is 0 Å². The highest BCUT2D eigenvalue weighted by molar-refractivity contribution is 5.94. The van der Waals surface area contributed by atoms with Crippen molar-refractivity contribution in [1.29, 1.82) is 0 Å². The monoisotopic (exact) mass is 671 g/mol. The van der Waals surface area contributed by atoms with Gasteiger partial charge in [-0.15, -0.1) is 0 Å². The highest BCUT2D eigenvalue weighted by Gasteiger charge is 2.40. The predicted molar refractivity (Wildman–Crippen MR) is 185 cm³/mol. The van der Waals surface area contributed by atoms with Crippen molar-refractivity contribution in [3.8, 4) is 17.1 Å². The van der Waals surface area contributed by atoms with Crippen LogP contribution in [0.3, 0.4) is 0 Å². The number of H-pyrrole nitrogens is 1. The molecule has 0 radical (unpaired) electrons. The maximum absolute atomic E-state index is 12.9. The molecule has 0 aliphatic heterocycles. The molecule has 0 unspecified atom stereocenters. The van der Waals surface area contributed by atoms with Gasteiger partial charge in [0.2, 0.25) is 11.2 Å². The number of carboxylic acids is 1. The second kappa shape index (κ2) is 14.5. The summed E-state index contributed by atoms with van der Waals surface area (Å²) in [5, 5.41) is 48.7. The van der Waals surface area contributed by atoms with Crippen molar-refractivity contribution < 1.29 is 30.0 Å². The number of hydrogen-bond acceptors (Lipinski definition) is 9. The minimum absolute atomic E-state index is 0.0773. The minimum atomic E-state index is -2.28. The van der Waals surface area contributed by atoms with Gasteiger partial charge in [0.1, 0.15) is 5.75 Å². The number of aromatic hydroxyl groups is 1. The van der Waals surface area contributed by atoms with E-state index in [9.17, 15) is 34.8 Å². The Bertz CT molecular complexity index is 2220. The van der Waals surface area contributed by atoms with Crippen LogP contribution in [-0.2, 0) is 23.5 Å². The zero-order valence-electron chi connectivity index (χ0n) is 26.6. The number of nitrogens with zero attached hydrogens (tertiary/aromatic N) is 2. The Hall–Kier alpha value is -6.21. The number of pyridine rings is 1. The SMILES string of the molecule is O=C(NCc1ccnc(-c2cccc([C@](O)(C(=O)O)c3ccccc3)c2)n1)c1ccc(CNC[C@H](O)c2ccc(O)c3[nH]c(=O)ccc23)cc1. The first kappa shape index (κ1) is 33.7. The Labute approximate surface area is 285 Å². The summed E-state index contributed by atoms with van der Waals surface area (Å²) in [4.78, 5) is 48.3. The zero-order chi connectivity index (χ0) is 35.3. The van der Waals surface area contributed by atoms with E-state index >= 15 is 0 Å². The predicted octanol–water partition coefficient (Wildman–Crippen LogP) is 3.76. The number of phenolic OH excluding ortho intramolecular Hbond substituents is 1. The molecule has 0 bridgehead atoms. The number of nitrogens with one attached hydrogen (secondary N) is 3. The topological polar surface area (TPSA) is 198 Å². The third-order valence-corrected chi connectivity index (χ3v) is 8.33. The van der Waals surface area contributed by atoms with Crippen molar-refractivity contribution in [2.45, 2.75) is 24.8 Å². The average Bonchev–Trinajstić information content (AvgIpc) is 3.14. The second-order valence-corrected chi connectivity index (χ2v) is 11.6. The number of aromatic nitrogens is 3. The summed E-state index contributed by atoms with van der Waals surface area (Å²) in [6, 6.07) is 29.2. The molecule has 0 spiro atoms. The Kier molecular flexibility index (Phi) is 9.77. The number of benzene rings is 4. The number of carboxylic acid groups (broad SMARTS) is 1. The molecule has 12 heteroatoms. The lowest BCUT2D eigenvalue weighted by Gasteiger charge is -2.25. The first-order valence-electron chi connectivity index (χ1n) is 15.7. The lowest BCUT2D eigenvalue weighted by molar-refractivity contribution is -0.155. The summed E-state index contributed by atoms with van der Waals surface area (Å²) in [6.45, 7) is 0.740. The highest BCUT2D eigenvalue weighted by atomic mass is 16.4. The summed E-state index contributed by atoms with van der Waals surface area (Å²) in [7, 11) is 0. The van der Waals surface area contributed by atoms with Gasteiger partial charge in [-0.2, -0.15) is 0 Å². The van der Waals surface area contributed by atoms with Crippen LogP contribution < -0.4 is 16.2 Å². The van der Waals surface area contributed by atoms with Gasteiger partial charge in [0.25, 0.3) is 5.91 Å². The molecule has 7 N–H and O–H groups in total. The summed E-state index contributed by atoms with van der Waals surface area (Å²) >= 11 is 0. The molecule has 0 fully saturated rings. The summed E-state index contributed by atoms with van der Waals surface area (Å²) in [5.41, 5.74) is 0.911. The number of fused-ring (bicyclic) bond motifs is 1. The molecule has 2 atom stereocenters. The number of carbonyl (C=O) groups excluding carboxylic acids is 1. The van der Waals surface area contributed by atoms with Crippen molar-refractivity contribution in [3.63, 3.8) is 0 Å². The maximum atomic E-state index is 12.9. The van der Waals surface area contributed by atoms with Crippen LogP contribution in [0.2, 0.25) is 0 Å². The van der Waals surface area contributed by atoms with Gasteiger partial charge in [0.15, 0.2) is 5.82 Å². The summed E-state index contributed by atoms with van der Waals surface area (Å²) < 4.78 is 0. The van der Waals surface area contributed by atoms with E-state index in [0.717, 1.165) is 5.56 Å². The third-order valence-electron chi connectivity index (χ3n) is 8.33. The first-order valence-corrected chi connectivity index (χ1v) is 15.7. The Morgan fingerprint density at radius 2 is 1.62 bits per heavy atom. The van der Waals surface area contributed by atoms with Crippen LogP contribution in [0.5, 0.6) is 5.75 Å². The maximum Gasteiger partial charge on any atom is 0.345 e. The fraction of sp³-hybridized carbons (Fsp3) is 0.132. The Balaban J connectivity index is 1.05. The Morgan fingerprint density at radius 3 is 2.38 bits per heavy atom. The van der Waals surface area contributed by atoms with Crippen molar-refractivity contribution >= 4 is 22.8 Å². The van der Waals surface area contributed by atoms with Crippen LogP contribution in [0, 0.1) is 0 Å². The average molecular weight is 672 g/mol. The molecule has 2 heterocycles. The lowest BCUT2D eigenvalue weighted by Crippen LogP contribution is -2.36. The molecule has 252 valence electrons. The van der Waals surface area contributed by atoms with Gasteiger partial charge < -0.3 is 36.0 Å². The smallest absolute Gasteiger partial charge is 0.345 e. The number of aliphatic hydroxyl groups is 2. The van der Waals surface area contributed by atoms with E-state index < -0.39 is 17.7 Å². The quantitative estimate of drug-likeness (QED) is 0.101. The van der Waals surface area contributed by atoms with E-state index in [1.807, 2.05) is 0 Å². The van der Waals surface area contributed by atoms with Gasteiger partial charge in [-0.1, -0.05) is 66.7 Å². The van der Waals surface area contributed by atoms with Gasteiger partial charge in [-0.3, -0.25) is 9.59 Å². The lowest BCUT2D eigenvalue weighted by atomic mass is 9.85. The van der Waals surface area contributed by atoms with E-state index in [-0.39, 0.29) is 46.9 Å². The van der Waals surface area contributed by atoms with Crippen LogP contribution in [0.25, 0.3) is 22.3 Å². The normalized spacial score (nSPS) is 13.0. The van der Waals surface area contributed by atoms with Gasteiger partial charge in [-0.05, 0) is 53.1 Å². The van der Waals surface area contributed by atoms with Gasteiger partial charge in [0, 0.05) is 47.4 Å². The van der Waals surface area contributed by atoms with Crippen LogP contribution in [-0.4, -0.2) is 53.8 Å². The van der Waals surface area contributed by atoms with Gasteiger partial charge in [-0.25, -0.2) is 14.8 Å². The molecule has 0 aliphatic rings. The molecule has 0 saturated carbocycles. The highest BCUT2D eigenvalue weighted by Crippen LogP contribution is 2.32. The number of aromatic amines is 1. The molecule has 6 rings (SSSR count). The number of hydrogen-bond donors (Lipinski definition) is 7. The summed E-state index contributed by atoms with van der Waals surface area (Å²) in [6.07, 6.45) is 0.642. The number of carbonyl (C=O) groups is 2. The zero-order valence-corrected chi connectivity index (χ0v) is 26.6. The van der Waals surface area contributed by atoms with Crippen molar-refractivity contribution in [3.05, 3.63) is 159 Å². The molecule has 50 heavy (non-hydrogen) atoms. The van der Waals surface area contributed by atoms with Crippen LogP contribution >= 0.6 is 0 Å². The van der Waals surface area contributed by atoms with E-state index in [2.05, 4.69) is 25.6 Å². The minimum Gasteiger partial charge on any atom is -0.506 e. The molecule has 0 saturated heterocycles. The molecule has 4 aromatic carbocycles. The van der Waals surface area contributed by atoms with Gasteiger partial charge >= 0.3 is 5.97 Å². The van der Waals surface area contributed by atoms with Crippen LogP contribution in [0.4, 0.5) is 0 Å². The van der Waals surface area contributed by atoms with Crippen LogP contribution in [0.1, 0.15) is 44.4 Å². The molecule has 6 aromatic rings. The number of aliphatic carboxylic acids is 1. The molecule has 1 amide bonds. The second-order valence-electron chi connectivity index (χ2n) is 11.6. The van der Waals surface area contributed by atoms with Crippen molar-refractivity contribution in [2.75, 3.05) is 6.54 Å². The first-order chi connectivity index (χ1) is 24.1. The molecular weight excluding hydrogens is 638 g/mol. The standard InChI is InChI=1S/C38H33N5O7/c44-31-15-13-29(30-14-16-33(46)43-34(30)31)32(45)22-39-20-23-9-11-24(12-10-23)36(47)41-21-28-17-18-40-35(42-28)25-5-4-8-27(19-25)38(50,37(48)49)26-6-2-1-3-7-26/h1-19,32,39,44-45,50H,20-22H2,(H,41,47)(H,43,46)(H,48,49)/t32-,38-/m0/s1. The number of phenols is 1. The van der Waals surface area contributed by atoms with E-state index in [0.29, 0.717) is 40.1 Å². The summed E-state index contributed by atoms with van der Waals surface area (Å²) in [5.74, 6) is -1.50. The largest absolute Gasteiger partial charge is 0.506 e. The molecule has 0 aliphatic carbocycles. The number of amides is 1. The molecular formula is C38H33N5O7. The molecule has 2 aromatic heterocycles. The van der Waals surface area contributed by atoms with Crippen molar-refractivity contribution in [1.82, 2.24) is 25.6 Å². The van der Waals surface area contributed by atoms with E-state index in [1.165, 1.54) is 24.3 Å². The Morgan fingerprint density at radius 1 is 0.860 bits per heavy atom. The van der Waals surface area contributed by atoms with Gasteiger partial charge in [0.05, 0.1) is 23.9 Å². The van der Waals surface area contributed by atoms with E-state index in [4.69, 9.17) is 0 Å². The van der Waals surface area contributed by atoms with E-state index in [1.54, 1.807) is 91.1 Å². The fourth-order valence-electron chi connectivity index (χ4n) is 5.67. The molecule has 12 nitrogen and oxygen atoms in total.